The van der Waals surface area contributed by atoms with Crippen LogP contribution in [-0.2, 0) is 0 Å². The number of likely N-dealkylation sites (tertiary alicyclic amines) is 1. The number of pyridine rings is 1. The van der Waals surface area contributed by atoms with E-state index in [1.165, 1.54) is 6.42 Å². The second kappa shape index (κ2) is 6.44. The summed E-state index contributed by atoms with van der Waals surface area (Å²) in [5, 5.41) is 7.96. The number of hydrogen-bond donors (Lipinski definition) is 0. The lowest BCUT2D eigenvalue weighted by atomic mass is 9.94. The van der Waals surface area contributed by atoms with E-state index in [1.807, 2.05) is 23.2 Å². The zero-order valence-corrected chi connectivity index (χ0v) is 13.3. The van der Waals surface area contributed by atoms with Crippen molar-refractivity contribution in [1.82, 2.24) is 24.4 Å². The Balaban J connectivity index is 1.73. The molecule has 0 spiro atoms. The van der Waals surface area contributed by atoms with Gasteiger partial charge in [-0.1, -0.05) is 0 Å². The number of carbonyl (C=O) groups is 1. The molecule has 22 heavy (non-hydrogen) atoms. The van der Waals surface area contributed by atoms with E-state index in [4.69, 9.17) is 0 Å². The van der Waals surface area contributed by atoms with E-state index in [-0.39, 0.29) is 5.91 Å². The van der Waals surface area contributed by atoms with E-state index < -0.39 is 0 Å². The molecule has 3 heterocycles. The van der Waals surface area contributed by atoms with Crippen LogP contribution in [0, 0.1) is 5.92 Å². The van der Waals surface area contributed by atoms with Crippen molar-refractivity contribution < 1.29 is 4.79 Å². The molecule has 2 aromatic rings. The molecule has 118 valence electrons. The van der Waals surface area contributed by atoms with E-state index >= 15 is 0 Å². The van der Waals surface area contributed by atoms with Crippen LogP contribution in [0.3, 0.4) is 0 Å². The van der Waals surface area contributed by atoms with Crippen LogP contribution in [0.2, 0.25) is 0 Å². The molecule has 0 saturated carbocycles. The number of carbonyl (C=O) groups excluding carboxylic acids is 1. The maximum absolute atomic E-state index is 12.8. The second-order valence-electron chi connectivity index (χ2n) is 6.34. The maximum Gasteiger partial charge on any atom is 0.257 e. The lowest BCUT2D eigenvalue weighted by molar-refractivity contribution is 0.0665. The summed E-state index contributed by atoms with van der Waals surface area (Å²) in [6, 6.07) is 3.72. The van der Waals surface area contributed by atoms with Crippen LogP contribution in [0.1, 0.15) is 29.6 Å². The van der Waals surface area contributed by atoms with Gasteiger partial charge in [-0.05, 0) is 58.0 Å². The fourth-order valence-corrected chi connectivity index (χ4v) is 3.11. The molecule has 2 aromatic heterocycles. The standard InChI is InChI=1S/C16H23N5O/c1-19(2)10-7-13-5-3-8-20(11-13)16(22)14-6-4-9-21-12-17-18-15(14)21/h4,6,9,12-13H,3,5,7-8,10-11H2,1-2H3/t13-/m0/s1. The van der Waals surface area contributed by atoms with Crippen molar-refractivity contribution in [2.75, 3.05) is 33.7 Å². The van der Waals surface area contributed by atoms with Crippen molar-refractivity contribution in [3.63, 3.8) is 0 Å². The molecular formula is C16H23N5O. The van der Waals surface area contributed by atoms with Crippen molar-refractivity contribution in [1.29, 1.82) is 0 Å². The smallest absolute Gasteiger partial charge is 0.257 e. The predicted octanol–water partition coefficient (Wildman–Crippen LogP) is 1.53. The molecule has 6 nitrogen and oxygen atoms in total. The average molecular weight is 301 g/mol. The SMILES string of the molecule is CN(C)CC[C@@H]1CCCN(C(=O)c2cccn3cnnc23)C1. The molecule has 1 atom stereocenters. The number of hydrogen-bond acceptors (Lipinski definition) is 4. The molecule has 1 aliphatic rings. The molecule has 1 aliphatic heterocycles. The number of piperidine rings is 1. The van der Waals surface area contributed by atoms with Gasteiger partial charge in [0, 0.05) is 19.3 Å². The summed E-state index contributed by atoms with van der Waals surface area (Å²) in [7, 11) is 4.19. The van der Waals surface area contributed by atoms with Gasteiger partial charge in [-0.2, -0.15) is 0 Å². The highest BCUT2D eigenvalue weighted by molar-refractivity contribution is 5.99. The first kappa shape index (κ1) is 15.0. The van der Waals surface area contributed by atoms with Gasteiger partial charge in [-0.15, -0.1) is 10.2 Å². The summed E-state index contributed by atoms with van der Waals surface area (Å²) in [6.07, 6.45) is 6.93. The van der Waals surface area contributed by atoms with Crippen LogP contribution in [0.25, 0.3) is 5.65 Å². The van der Waals surface area contributed by atoms with E-state index in [0.29, 0.717) is 17.1 Å². The molecule has 6 heteroatoms. The lowest BCUT2D eigenvalue weighted by Gasteiger charge is -2.33. The van der Waals surface area contributed by atoms with Gasteiger partial charge in [0.1, 0.15) is 6.33 Å². The minimum absolute atomic E-state index is 0.0770. The fraction of sp³-hybridized carbons (Fsp3) is 0.562. The van der Waals surface area contributed by atoms with E-state index in [9.17, 15) is 4.79 Å². The van der Waals surface area contributed by atoms with Crippen molar-refractivity contribution in [2.24, 2.45) is 5.92 Å². The van der Waals surface area contributed by atoms with Crippen LogP contribution >= 0.6 is 0 Å². The first-order chi connectivity index (χ1) is 10.6. The Kier molecular flexibility index (Phi) is 4.38. The Morgan fingerprint density at radius 1 is 1.45 bits per heavy atom. The zero-order valence-electron chi connectivity index (χ0n) is 13.3. The Labute approximate surface area is 130 Å². The first-order valence-electron chi connectivity index (χ1n) is 7.87. The highest BCUT2D eigenvalue weighted by atomic mass is 16.2. The third-order valence-electron chi connectivity index (χ3n) is 4.34. The number of amides is 1. The topological polar surface area (TPSA) is 53.7 Å². The summed E-state index contributed by atoms with van der Waals surface area (Å²) in [5.74, 6) is 0.672. The first-order valence-corrected chi connectivity index (χ1v) is 7.87. The molecule has 0 N–H and O–H groups in total. The van der Waals surface area contributed by atoms with Crippen molar-refractivity contribution >= 4 is 11.6 Å². The normalized spacial score (nSPS) is 19.0. The monoisotopic (exact) mass is 301 g/mol. The Hall–Kier alpha value is -1.95. The molecule has 1 amide bonds. The Bertz CT molecular complexity index is 651. The van der Waals surface area contributed by atoms with E-state index in [2.05, 4.69) is 29.2 Å². The largest absolute Gasteiger partial charge is 0.338 e. The molecule has 1 saturated heterocycles. The van der Waals surface area contributed by atoms with Gasteiger partial charge in [-0.3, -0.25) is 9.20 Å². The fourth-order valence-electron chi connectivity index (χ4n) is 3.11. The third-order valence-corrected chi connectivity index (χ3v) is 4.34. The predicted molar refractivity (Wildman–Crippen MR) is 84.8 cm³/mol. The van der Waals surface area contributed by atoms with Gasteiger partial charge >= 0.3 is 0 Å². The van der Waals surface area contributed by atoms with Gasteiger partial charge in [0.2, 0.25) is 0 Å². The molecule has 0 unspecified atom stereocenters. The maximum atomic E-state index is 12.8. The highest BCUT2D eigenvalue weighted by Crippen LogP contribution is 2.22. The minimum atomic E-state index is 0.0770. The molecule has 0 aliphatic carbocycles. The zero-order chi connectivity index (χ0) is 15.5. The van der Waals surface area contributed by atoms with Gasteiger partial charge in [0.25, 0.3) is 5.91 Å². The van der Waals surface area contributed by atoms with Gasteiger partial charge in [-0.25, -0.2) is 0 Å². The summed E-state index contributed by atoms with van der Waals surface area (Å²) >= 11 is 0. The van der Waals surface area contributed by atoms with Crippen LogP contribution < -0.4 is 0 Å². The minimum Gasteiger partial charge on any atom is -0.338 e. The molecular weight excluding hydrogens is 278 g/mol. The summed E-state index contributed by atoms with van der Waals surface area (Å²) in [5.41, 5.74) is 1.29. The molecule has 0 bridgehead atoms. The van der Waals surface area contributed by atoms with E-state index in [0.717, 1.165) is 32.5 Å². The molecule has 0 aromatic carbocycles. The highest BCUT2D eigenvalue weighted by Gasteiger charge is 2.26. The van der Waals surface area contributed by atoms with Crippen LogP contribution in [-0.4, -0.2) is 64.0 Å². The summed E-state index contributed by atoms with van der Waals surface area (Å²) in [4.78, 5) is 17.0. The number of nitrogens with zero attached hydrogens (tertiary/aromatic N) is 5. The molecule has 0 radical (unpaired) electrons. The Morgan fingerprint density at radius 3 is 3.14 bits per heavy atom. The van der Waals surface area contributed by atoms with Crippen LogP contribution in [0.4, 0.5) is 0 Å². The van der Waals surface area contributed by atoms with Gasteiger partial charge in [0.05, 0.1) is 5.56 Å². The molecule has 1 fully saturated rings. The number of aromatic nitrogens is 3. The average Bonchev–Trinajstić information content (AvgIpc) is 3.01. The Morgan fingerprint density at radius 2 is 2.32 bits per heavy atom. The van der Waals surface area contributed by atoms with Crippen LogP contribution in [0.15, 0.2) is 24.7 Å². The van der Waals surface area contributed by atoms with E-state index in [1.54, 1.807) is 10.7 Å². The molecule has 3 rings (SSSR count). The quantitative estimate of drug-likeness (QED) is 0.859. The van der Waals surface area contributed by atoms with Gasteiger partial charge < -0.3 is 9.80 Å². The summed E-state index contributed by atoms with van der Waals surface area (Å²) in [6.45, 7) is 2.76. The van der Waals surface area contributed by atoms with Gasteiger partial charge in [0.15, 0.2) is 5.65 Å². The van der Waals surface area contributed by atoms with Crippen molar-refractivity contribution in [3.8, 4) is 0 Å². The third kappa shape index (κ3) is 3.11. The number of fused-ring (bicyclic) bond motifs is 1. The lowest BCUT2D eigenvalue weighted by Crippen LogP contribution is -2.40. The summed E-state index contributed by atoms with van der Waals surface area (Å²) < 4.78 is 1.79. The van der Waals surface area contributed by atoms with Crippen molar-refractivity contribution in [2.45, 2.75) is 19.3 Å². The van der Waals surface area contributed by atoms with Crippen LogP contribution in [0.5, 0.6) is 0 Å². The van der Waals surface area contributed by atoms with Crippen molar-refractivity contribution in [3.05, 3.63) is 30.2 Å². The second-order valence-corrected chi connectivity index (χ2v) is 6.34. The number of rotatable bonds is 4.